The summed E-state index contributed by atoms with van der Waals surface area (Å²) in [4.78, 5) is 9.00. The van der Waals surface area contributed by atoms with Crippen molar-refractivity contribution in [3.05, 3.63) is 0 Å². The van der Waals surface area contributed by atoms with Crippen molar-refractivity contribution in [3.8, 4) is 0 Å². The van der Waals surface area contributed by atoms with Gasteiger partial charge in [-0.25, -0.2) is 10.6 Å². The standard InChI is InChI=1S/CH4N2O.H2N2/c2-1(3)4;1-2/h(H4,2,3,4);1H2. The minimum Gasteiger partial charge on any atom is -0.352 e. The maximum absolute atomic E-state index is 9.00. The van der Waals surface area contributed by atoms with Crippen molar-refractivity contribution in [1.82, 2.24) is 5.84 Å². The third-order valence-corrected chi connectivity index (χ3v) is 0. The average molecular weight is 90.1 g/mol. The van der Waals surface area contributed by atoms with Crippen LogP contribution in [0, 0.1) is 0 Å². The van der Waals surface area contributed by atoms with Crippen LogP contribution < -0.4 is 23.2 Å². The Hall–Kier alpha value is -0.810. The molecule has 0 atom stereocenters. The molecule has 5 heteroatoms. The second-order valence-electron chi connectivity index (χ2n) is 0.402. The highest BCUT2D eigenvalue weighted by Crippen LogP contribution is 1.25. The molecule has 0 aliphatic heterocycles. The van der Waals surface area contributed by atoms with E-state index in [0.29, 0.717) is 0 Å². The van der Waals surface area contributed by atoms with E-state index >= 15 is 0 Å². The van der Waals surface area contributed by atoms with Crippen molar-refractivity contribution in [2.24, 2.45) is 17.3 Å². The van der Waals surface area contributed by atoms with Gasteiger partial charge < -0.3 is 11.5 Å². The topological polar surface area (TPSA) is 117 Å². The smallest absolute Gasteiger partial charge is 0.309 e. The number of carbonyl (C=O) groups is 1. The zero-order valence-corrected chi connectivity index (χ0v) is 3.09. The lowest BCUT2D eigenvalue weighted by Gasteiger charge is -1.62. The first kappa shape index (κ1) is 8.95. The molecular formula is CH6N4O. The maximum Gasteiger partial charge on any atom is 0.309 e. The van der Waals surface area contributed by atoms with E-state index in [0.717, 1.165) is 0 Å². The van der Waals surface area contributed by atoms with Gasteiger partial charge >= 0.3 is 6.03 Å². The molecule has 0 aliphatic carbocycles. The minimum absolute atomic E-state index is 0.833. The first-order valence-electron chi connectivity index (χ1n) is 1.04. The number of hydrogen-bond donors (Lipinski definition) is 3. The molecule has 0 heterocycles. The summed E-state index contributed by atoms with van der Waals surface area (Å²) in [5.41, 5.74) is 8.50. The molecule has 6 N–H and O–H groups in total. The fourth-order valence-corrected chi connectivity index (χ4v) is 0. The van der Waals surface area contributed by atoms with Crippen molar-refractivity contribution in [2.45, 2.75) is 0 Å². The van der Waals surface area contributed by atoms with Gasteiger partial charge in [-0.3, -0.25) is 0 Å². The second-order valence-corrected chi connectivity index (χ2v) is 0.402. The summed E-state index contributed by atoms with van der Waals surface area (Å²) >= 11 is 0. The van der Waals surface area contributed by atoms with Crippen molar-refractivity contribution in [3.63, 3.8) is 0 Å². The van der Waals surface area contributed by atoms with Crippen LogP contribution in [0.5, 0.6) is 0 Å². The largest absolute Gasteiger partial charge is 0.352 e. The predicted molar refractivity (Wildman–Crippen MR) is 20.1 cm³/mol. The van der Waals surface area contributed by atoms with Crippen molar-refractivity contribution < 1.29 is 4.79 Å². The van der Waals surface area contributed by atoms with Crippen LogP contribution in [-0.2, 0) is 0 Å². The fraction of sp³-hybridized carbons (Fsp3) is 0. The number of rotatable bonds is 0. The molecule has 5 nitrogen and oxygen atoms in total. The van der Waals surface area contributed by atoms with Crippen LogP contribution in [0.3, 0.4) is 0 Å². The van der Waals surface area contributed by atoms with Gasteiger partial charge in [0.25, 0.3) is 0 Å². The van der Waals surface area contributed by atoms with E-state index in [9.17, 15) is 0 Å². The Labute approximate surface area is 35.2 Å². The lowest BCUT2D eigenvalue weighted by molar-refractivity contribution is 0.256. The van der Waals surface area contributed by atoms with Gasteiger partial charge in [-0.2, -0.15) is 0 Å². The Balaban J connectivity index is 0. The fourth-order valence-electron chi connectivity index (χ4n) is 0. The number of hydrogen-bond acceptors (Lipinski definition) is 2. The molecule has 2 amide bonds. The van der Waals surface area contributed by atoms with Crippen LogP contribution >= 0.6 is 0 Å². The summed E-state index contributed by atoms with van der Waals surface area (Å²) < 4.78 is 0. The highest BCUT2D eigenvalue weighted by atomic mass is 16.2. The number of amides is 2. The number of urea groups is 1. The molecule has 2 radical (unpaired) electrons. The second kappa shape index (κ2) is 8.89. The Bertz CT molecular complexity index is 30.5. The highest BCUT2D eigenvalue weighted by molar-refractivity contribution is 5.69. The Kier molecular flexibility index (Phi) is 13.3. The molecule has 0 aliphatic rings. The summed E-state index contributed by atoms with van der Waals surface area (Å²) in [6.45, 7) is 0. The van der Waals surface area contributed by atoms with Gasteiger partial charge in [0.15, 0.2) is 0 Å². The molecule has 0 saturated carbocycles. The van der Waals surface area contributed by atoms with E-state index in [2.05, 4.69) is 17.3 Å². The molecular weight excluding hydrogens is 84.0 g/mol. The van der Waals surface area contributed by atoms with Crippen LogP contribution in [0.25, 0.3) is 0 Å². The van der Waals surface area contributed by atoms with Crippen molar-refractivity contribution in [2.75, 3.05) is 0 Å². The number of nitrogens with two attached hydrogens (primary N) is 3. The monoisotopic (exact) mass is 90.1 g/mol. The zero-order valence-electron chi connectivity index (χ0n) is 3.09. The molecule has 36 valence electrons. The Morgan fingerprint density at radius 1 is 1.33 bits per heavy atom. The van der Waals surface area contributed by atoms with Gasteiger partial charge in [-0.1, -0.05) is 0 Å². The molecule has 0 aromatic rings. The van der Waals surface area contributed by atoms with E-state index in [1.807, 2.05) is 0 Å². The summed E-state index contributed by atoms with van der Waals surface area (Å²) in [5, 5.41) is 0. The summed E-state index contributed by atoms with van der Waals surface area (Å²) in [6, 6.07) is -0.833. The van der Waals surface area contributed by atoms with E-state index in [1.54, 1.807) is 0 Å². The highest BCUT2D eigenvalue weighted by Gasteiger charge is 1.60. The number of nitrogens with zero attached hydrogens (tertiary/aromatic N) is 1. The summed E-state index contributed by atoms with van der Waals surface area (Å²) in [5.74, 6) is 10.0. The third-order valence-electron chi connectivity index (χ3n) is 0. The van der Waals surface area contributed by atoms with Crippen LogP contribution in [0.1, 0.15) is 0 Å². The Morgan fingerprint density at radius 3 is 1.33 bits per heavy atom. The molecule has 0 aromatic heterocycles. The maximum atomic E-state index is 9.00. The summed E-state index contributed by atoms with van der Waals surface area (Å²) in [7, 11) is 0. The predicted octanol–water partition coefficient (Wildman–Crippen LogP) is -2.05. The van der Waals surface area contributed by atoms with Crippen molar-refractivity contribution >= 4 is 6.03 Å². The van der Waals surface area contributed by atoms with Gasteiger partial charge in [0.2, 0.25) is 0 Å². The van der Waals surface area contributed by atoms with Gasteiger partial charge in [-0.05, 0) is 5.84 Å². The Morgan fingerprint density at radius 2 is 1.33 bits per heavy atom. The van der Waals surface area contributed by atoms with Gasteiger partial charge in [0.1, 0.15) is 0 Å². The van der Waals surface area contributed by atoms with Crippen LogP contribution in [0.2, 0.25) is 0 Å². The normalized spacial score (nSPS) is 5.00. The first-order valence-corrected chi connectivity index (χ1v) is 1.04. The van der Waals surface area contributed by atoms with Crippen LogP contribution in [-0.4, -0.2) is 6.03 Å². The molecule has 0 saturated heterocycles. The quantitative estimate of drug-likeness (QED) is 0.234. The lowest BCUT2D eigenvalue weighted by atomic mass is 11.2. The molecule has 0 bridgehead atoms. The molecule has 0 spiro atoms. The zero-order chi connectivity index (χ0) is 5.58. The number of primary amides is 2. The first-order chi connectivity index (χ1) is 2.73. The van der Waals surface area contributed by atoms with E-state index in [4.69, 9.17) is 10.6 Å². The SMILES string of the molecule is NC(N)=O.[N]N. The van der Waals surface area contributed by atoms with E-state index in [1.165, 1.54) is 0 Å². The van der Waals surface area contributed by atoms with Gasteiger partial charge in [0, 0.05) is 0 Å². The number of carbonyl (C=O) groups excluding carboxylic acids is 1. The molecule has 0 rings (SSSR count). The molecule has 0 aromatic carbocycles. The summed E-state index contributed by atoms with van der Waals surface area (Å²) in [6.07, 6.45) is 0. The third kappa shape index (κ3) is 23.3. The van der Waals surface area contributed by atoms with Gasteiger partial charge in [0.05, 0.1) is 0 Å². The van der Waals surface area contributed by atoms with E-state index < -0.39 is 6.03 Å². The molecule has 0 fully saturated rings. The minimum atomic E-state index is -0.833. The molecule has 6 heavy (non-hydrogen) atoms. The van der Waals surface area contributed by atoms with Crippen molar-refractivity contribution in [1.29, 1.82) is 0 Å². The average Bonchev–Trinajstić information content (AvgIpc) is 1.41. The van der Waals surface area contributed by atoms with E-state index in [-0.39, 0.29) is 0 Å². The van der Waals surface area contributed by atoms with Gasteiger partial charge in [-0.15, -0.1) is 0 Å². The molecule has 0 unspecified atom stereocenters. The lowest BCUT2D eigenvalue weighted by Crippen LogP contribution is -2.18. The van der Waals surface area contributed by atoms with Crippen LogP contribution in [0.15, 0.2) is 0 Å². The van der Waals surface area contributed by atoms with Crippen LogP contribution in [0.4, 0.5) is 4.79 Å².